The molecule has 0 aromatic rings. The molecule has 5 nitrogen and oxygen atoms in total. The first kappa shape index (κ1) is 14.4. The van der Waals surface area contributed by atoms with Crippen LogP contribution in [0.15, 0.2) is 0 Å². The van der Waals surface area contributed by atoms with Gasteiger partial charge in [0.25, 0.3) is 0 Å². The van der Waals surface area contributed by atoms with Crippen molar-refractivity contribution in [2.24, 2.45) is 0 Å². The van der Waals surface area contributed by atoms with Crippen LogP contribution in [0, 0.1) is 0 Å². The van der Waals surface area contributed by atoms with Gasteiger partial charge < -0.3 is 14.6 Å². The van der Waals surface area contributed by atoms with E-state index in [-0.39, 0.29) is 24.3 Å². The number of carbonyl (C=O) groups excluding carboxylic acids is 1. The molecule has 0 bridgehead atoms. The molecule has 0 saturated carbocycles. The lowest BCUT2D eigenvalue weighted by Crippen LogP contribution is -2.54. The second-order valence-electron chi connectivity index (χ2n) is 4.97. The summed E-state index contributed by atoms with van der Waals surface area (Å²) in [5.41, 5.74) is -0.277. The molecule has 0 aromatic carbocycles. The Morgan fingerprint density at radius 1 is 1.59 bits per heavy atom. The van der Waals surface area contributed by atoms with Gasteiger partial charge in [0.2, 0.25) is 0 Å². The van der Waals surface area contributed by atoms with Gasteiger partial charge in [-0.1, -0.05) is 0 Å². The van der Waals surface area contributed by atoms with Crippen molar-refractivity contribution in [3.8, 4) is 0 Å². The van der Waals surface area contributed by atoms with Crippen LogP contribution in [0.1, 0.15) is 27.2 Å². The van der Waals surface area contributed by atoms with Crippen LogP contribution in [0.4, 0.5) is 0 Å². The molecule has 1 fully saturated rings. The Hall–Kier alpha value is -0.650. The number of ether oxygens (including phenoxy) is 2. The summed E-state index contributed by atoms with van der Waals surface area (Å²) in [6.45, 7) is 8.31. The van der Waals surface area contributed by atoms with Crippen molar-refractivity contribution in [2.75, 3.05) is 32.8 Å². The number of aliphatic hydroxyl groups is 1. The van der Waals surface area contributed by atoms with Gasteiger partial charge in [-0.25, -0.2) is 0 Å². The summed E-state index contributed by atoms with van der Waals surface area (Å²) in [4.78, 5) is 13.4. The number of hydrogen-bond donors (Lipinski definition) is 1. The third kappa shape index (κ3) is 5.02. The summed E-state index contributed by atoms with van der Waals surface area (Å²) >= 11 is 0. The second-order valence-corrected chi connectivity index (χ2v) is 4.97. The Balaban J connectivity index is 2.39. The van der Waals surface area contributed by atoms with Crippen LogP contribution in [0.3, 0.4) is 0 Å². The highest BCUT2D eigenvalue weighted by molar-refractivity contribution is 5.69. The quantitative estimate of drug-likeness (QED) is 0.711. The third-order valence-corrected chi connectivity index (χ3v) is 2.69. The van der Waals surface area contributed by atoms with Crippen LogP contribution in [0.25, 0.3) is 0 Å². The Kier molecular flexibility index (Phi) is 5.36. The Morgan fingerprint density at radius 3 is 2.88 bits per heavy atom. The second kappa shape index (κ2) is 6.33. The highest BCUT2D eigenvalue weighted by atomic mass is 16.5. The number of esters is 1. The highest BCUT2D eigenvalue weighted by Gasteiger charge is 2.32. The van der Waals surface area contributed by atoms with E-state index in [0.717, 1.165) is 6.54 Å². The van der Waals surface area contributed by atoms with E-state index < -0.39 is 0 Å². The molecule has 0 radical (unpaired) electrons. The summed E-state index contributed by atoms with van der Waals surface area (Å²) in [5, 5.41) is 9.16. The number of morpholine rings is 1. The normalized spacial score (nSPS) is 24.6. The van der Waals surface area contributed by atoms with Gasteiger partial charge in [-0.3, -0.25) is 9.69 Å². The first-order valence-corrected chi connectivity index (χ1v) is 6.13. The molecule has 100 valence electrons. The molecule has 5 heteroatoms. The van der Waals surface area contributed by atoms with Gasteiger partial charge in [0.05, 0.1) is 31.3 Å². The molecule has 1 saturated heterocycles. The minimum Gasteiger partial charge on any atom is -0.466 e. The van der Waals surface area contributed by atoms with E-state index in [9.17, 15) is 4.79 Å². The number of hydrogen-bond acceptors (Lipinski definition) is 5. The lowest BCUT2D eigenvalue weighted by Gasteiger charge is -2.42. The highest BCUT2D eigenvalue weighted by Crippen LogP contribution is 2.20. The zero-order valence-corrected chi connectivity index (χ0v) is 10.9. The van der Waals surface area contributed by atoms with Crippen molar-refractivity contribution < 1.29 is 19.4 Å². The number of rotatable bonds is 5. The van der Waals surface area contributed by atoms with Crippen molar-refractivity contribution >= 4 is 5.97 Å². The van der Waals surface area contributed by atoms with Crippen LogP contribution >= 0.6 is 0 Å². The van der Waals surface area contributed by atoms with Crippen LogP contribution in [-0.2, 0) is 14.3 Å². The zero-order chi connectivity index (χ0) is 12.9. The maximum Gasteiger partial charge on any atom is 0.307 e. The predicted molar refractivity (Wildman–Crippen MR) is 63.7 cm³/mol. The monoisotopic (exact) mass is 245 g/mol. The first-order chi connectivity index (χ1) is 7.96. The third-order valence-electron chi connectivity index (χ3n) is 2.69. The molecule has 1 rings (SSSR count). The van der Waals surface area contributed by atoms with Gasteiger partial charge in [-0.2, -0.15) is 0 Å². The number of carbonyl (C=O) groups is 1. The van der Waals surface area contributed by atoms with Crippen molar-refractivity contribution in [2.45, 2.75) is 38.9 Å². The van der Waals surface area contributed by atoms with E-state index in [1.807, 2.05) is 13.8 Å². The minimum atomic E-state index is -0.277. The molecule has 0 aliphatic carbocycles. The Morgan fingerprint density at radius 2 is 2.29 bits per heavy atom. The van der Waals surface area contributed by atoms with Crippen molar-refractivity contribution in [3.63, 3.8) is 0 Å². The van der Waals surface area contributed by atoms with E-state index in [2.05, 4.69) is 4.90 Å². The van der Waals surface area contributed by atoms with Crippen LogP contribution < -0.4 is 0 Å². The molecular weight excluding hydrogens is 222 g/mol. The fraction of sp³-hybridized carbons (Fsp3) is 0.917. The SMILES string of the molecule is CCOC(=O)CCN1CC(CO)OC(C)(C)C1. The molecule has 1 aliphatic rings. The predicted octanol–water partition coefficient (Wildman–Crippen LogP) is 0.411. The van der Waals surface area contributed by atoms with Crippen LogP contribution in [0.5, 0.6) is 0 Å². The van der Waals surface area contributed by atoms with Gasteiger partial charge in [-0.15, -0.1) is 0 Å². The minimum absolute atomic E-state index is 0.0132. The van der Waals surface area contributed by atoms with Crippen molar-refractivity contribution in [3.05, 3.63) is 0 Å². The van der Waals surface area contributed by atoms with Gasteiger partial charge >= 0.3 is 5.97 Å². The average Bonchev–Trinajstić information content (AvgIpc) is 2.24. The van der Waals surface area contributed by atoms with Gasteiger partial charge in [0.15, 0.2) is 0 Å². The summed E-state index contributed by atoms with van der Waals surface area (Å²) in [6.07, 6.45) is 0.225. The molecule has 17 heavy (non-hydrogen) atoms. The van der Waals surface area contributed by atoms with E-state index in [1.54, 1.807) is 6.92 Å². The summed E-state index contributed by atoms with van der Waals surface area (Å²) < 4.78 is 10.6. The maximum atomic E-state index is 11.3. The number of aliphatic hydroxyl groups excluding tert-OH is 1. The molecule has 0 amide bonds. The van der Waals surface area contributed by atoms with E-state index >= 15 is 0 Å². The lowest BCUT2D eigenvalue weighted by molar-refractivity contribution is -0.154. The molecule has 1 unspecified atom stereocenters. The van der Waals surface area contributed by atoms with Crippen LogP contribution in [-0.4, -0.2) is 60.5 Å². The molecular formula is C12H23NO4. The summed E-state index contributed by atoms with van der Waals surface area (Å²) in [5.74, 6) is -0.169. The Bertz CT molecular complexity index is 255. The van der Waals surface area contributed by atoms with E-state index in [4.69, 9.17) is 14.6 Å². The molecule has 0 spiro atoms. The molecule has 1 aliphatic heterocycles. The zero-order valence-electron chi connectivity index (χ0n) is 10.9. The summed E-state index contributed by atoms with van der Waals surface area (Å²) in [7, 11) is 0. The Labute approximate surface area is 103 Å². The number of nitrogens with zero attached hydrogens (tertiary/aromatic N) is 1. The fourth-order valence-electron chi connectivity index (χ4n) is 2.16. The van der Waals surface area contributed by atoms with E-state index in [1.165, 1.54) is 0 Å². The molecule has 0 aromatic heterocycles. The van der Waals surface area contributed by atoms with E-state index in [0.29, 0.717) is 26.1 Å². The molecule has 1 atom stereocenters. The van der Waals surface area contributed by atoms with Gasteiger partial charge in [-0.05, 0) is 20.8 Å². The lowest BCUT2D eigenvalue weighted by atomic mass is 10.1. The standard InChI is InChI=1S/C12H23NO4/c1-4-16-11(15)5-6-13-7-10(8-14)17-12(2,3)9-13/h10,14H,4-9H2,1-3H3. The first-order valence-electron chi connectivity index (χ1n) is 6.13. The summed E-state index contributed by atoms with van der Waals surface area (Å²) in [6, 6.07) is 0. The average molecular weight is 245 g/mol. The van der Waals surface area contributed by atoms with Gasteiger partial charge in [0, 0.05) is 19.6 Å². The smallest absolute Gasteiger partial charge is 0.307 e. The van der Waals surface area contributed by atoms with Crippen LogP contribution in [0.2, 0.25) is 0 Å². The van der Waals surface area contributed by atoms with Crippen molar-refractivity contribution in [1.29, 1.82) is 0 Å². The molecule has 1 N–H and O–H groups in total. The van der Waals surface area contributed by atoms with Crippen molar-refractivity contribution in [1.82, 2.24) is 4.90 Å². The maximum absolute atomic E-state index is 11.3. The largest absolute Gasteiger partial charge is 0.466 e. The molecule has 1 heterocycles. The fourth-order valence-corrected chi connectivity index (χ4v) is 2.16. The van der Waals surface area contributed by atoms with Gasteiger partial charge in [0.1, 0.15) is 0 Å². The topological polar surface area (TPSA) is 59.0 Å².